The Kier molecular flexibility index (Phi) is 6.55. The Morgan fingerprint density at radius 2 is 1.81 bits per heavy atom. The molecular weight excluding hydrogens is 395 g/mol. The number of hydrogen-bond acceptors (Lipinski definition) is 3. The number of hydrogen-bond donors (Lipinski definition) is 1. The SMILES string of the molecule is CC[C@H](C(=O)Nc1ccc(Cl)cc1C)N(c1cccc(Cl)c1)S(C)(=O)=O. The van der Waals surface area contributed by atoms with Gasteiger partial charge < -0.3 is 5.32 Å². The van der Waals surface area contributed by atoms with Gasteiger partial charge in [-0.1, -0.05) is 36.2 Å². The number of sulfonamides is 1. The highest BCUT2D eigenvalue weighted by Crippen LogP contribution is 2.27. The normalized spacial score (nSPS) is 12.5. The molecule has 0 saturated carbocycles. The van der Waals surface area contributed by atoms with Crippen molar-refractivity contribution in [2.45, 2.75) is 26.3 Å². The molecule has 1 amide bonds. The van der Waals surface area contributed by atoms with Gasteiger partial charge in [-0.3, -0.25) is 9.10 Å². The van der Waals surface area contributed by atoms with Crippen LogP contribution in [0.15, 0.2) is 42.5 Å². The zero-order valence-electron chi connectivity index (χ0n) is 14.7. The van der Waals surface area contributed by atoms with Crippen molar-refractivity contribution in [3.05, 3.63) is 58.1 Å². The second-order valence-electron chi connectivity index (χ2n) is 5.91. The van der Waals surface area contributed by atoms with E-state index in [0.717, 1.165) is 16.1 Å². The first-order valence-corrected chi connectivity index (χ1v) is 10.6. The Balaban J connectivity index is 2.40. The standard InChI is InChI=1S/C18H20Cl2N2O3S/c1-4-17(18(23)21-16-9-8-14(20)10-12(16)2)22(26(3,24)25)15-7-5-6-13(19)11-15/h5-11,17H,4H2,1-3H3,(H,21,23)/t17-/m1/s1. The van der Waals surface area contributed by atoms with E-state index in [9.17, 15) is 13.2 Å². The molecule has 0 unspecified atom stereocenters. The third kappa shape index (κ3) is 4.90. The number of aryl methyl sites for hydroxylation is 1. The van der Waals surface area contributed by atoms with Gasteiger partial charge in [0.1, 0.15) is 6.04 Å². The summed E-state index contributed by atoms with van der Waals surface area (Å²) < 4.78 is 25.9. The highest BCUT2D eigenvalue weighted by molar-refractivity contribution is 7.92. The Morgan fingerprint density at radius 1 is 1.15 bits per heavy atom. The second kappa shape index (κ2) is 8.29. The highest BCUT2D eigenvalue weighted by Gasteiger charge is 2.31. The number of nitrogens with zero attached hydrogens (tertiary/aromatic N) is 1. The average molecular weight is 415 g/mol. The van der Waals surface area contributed by atoms with E-state index in [-0.39, 0.29) is 6.42 Å². The van der Waals surface area contributed by atoms with Crippen molar-refractivity contribution in [3.8, 4) is 0 Å². The van der Waals surface area contributed by atoms with E-state index >= 15 is 0 Å². The van der Waals surface area contributed by atoms with Crippen molar-refractivity contribution in [2.24, 2.45) is 0 Å². The minimum absolute atomic E-state index is 0.290. The van der Waals surface area contributed by atoms with E-state index in [1.807, 2.05) is 6.92 Å². The van der Waals surface area contributed by atoms with Crippen LogP contribution in [0.4, 0.5) is 11.4 Å². The minimum atomic E-state index is -3.71. The smallest absolute Gasteiger partial charge is 0.248 e. The molecule has 0 aromatic heterocycles. The Morgan fingerprint density at radius 3 is 2.35 bits per heavy atom. The molecule has 0 aliphatic rings. The molecule has 1 atom stereocenters. The lowest BCUT2D eigenvalue weighted by Gasteiger charge is -2.30. The molecule has 26 heavy (non-hydrogen) atoms. The van der Waals surface area contributed by atoms with Gasteiger partial charge >= 0.3 is 0 Å². The number of anilines is 2. The lowest BCUT2D eigenvalue weighted by molar-refractivity contribution is -0.117. The van der Waals surface area contributed by atoms with Crippen molar-refractivity contribution < 1.29 is 13.2 Å². The summed E-state index contributed by atoms with van der Waals surface area (Å²) in [5.74, 6) is -0.427. The monoisotopic (exact) mass is 414 g/mol. The third-order valence-electron chi connectivity index (χ3n) is 3.84. The maximum Gasteiger partial charge on any atom is 0.248 e. The number of carbonyl (C=O) groups excluding carboxylic acids is 1. The molecule has 0 spiro atoms. The van der Waals surface area contributed by atoms with Gasteiger partial charge in [0, 0.05) is 15.7 Å². The summed E-state index contributed by atoms with van der Waals surface area (Å²) in [4.78, 5) is 12.8. The number of rotatable bonds is 6. The molecule has 140 valence electrons. The van der Waals surface area contributed by atoms with Crippen LogP contribution < -0.4 is 9.62 Å². The molecule has 0 aliphatic carbocycles. The quantitative estimate of drug-likeness (QED) is 0.756. The van der Waals surface area contributed by atoms with E-state index in [1.54, 1.807) is 43.3 Å². The second-order valence-corrected chi connectivity index (χ2v) is 8.64. The van der Waals surface area contributed by atoms with Crippen molar-refractivity contribution in [1.82, 2.24) is 0 Å². The molecule has 0 heterocycles. The summed E-state index contributed by atoms with van der Waals surface area (Å²) in [5.41, 5.74) is 1.71. The number of amides is 1. The lowest BCUT2D eigenvalue weighted by atomic mass is 10.1. The van der Waals surface area contributed by atoms with Crippen LogP contribution in [0.2, 0.25) is 10.0 Å². The topological polar surface area (TPSA) is 66.5 Å². The van der Waals surface area contributed by atoms with E-state index in [1.165, 1.54) is 6.07 Å². The predicted octanol–water partition coefficient (Wildman–Crippen LogP) is 4.49. The van der Waals surface area contributed by atoms with Gasteiger partial charge in [-0.25, -0.2) is 8.42 Å². The molecule has 0 saturated heterocycles. The van der Waals surface area contributed by atoms with E-state index in [4.69, 9.17) is 23.2 Å². The fourth-order valence-electron chi connectivity index (χ4n) is 2.66. The third-order valence-corrected chi connectivity index (χ3v) is 5.49. The Bertz CT molecular complexity index is 916. The first-order chi connectivity index (χ1) is 12.1. The number of carbonyl (C=O) groups is 1. The zero-order valence-corrected chi connectivity index (χ0v) is 17.0. The summed E-state index contributed by atoms with van der Waals surface area (Å²) in [6.45, 7) is 3.56. The summed E-state index contributed by atoms with van der Waals surface area (Å²) in [7, 11) is -3.71. The van der Waals surface area contributed by atoms with E-state index in [2.05, 4.69) is 5.32 Å². The van der Waals surface area contributed by atoms with Gasteiger partial charge in [-0.2, -0.15) is 0 Å². The zero-order chi connectivity index (χ0) is 19.5. The molecule has 2 aromatic rings. The number of nitrogens with one attached hydrogen (secondary N) is 1. The van der Waals surface area contributed by atoms with Gasteiger partial charge in [0.2, 0.25) is 15.9 Å². The lowest BCUT2D eigenvalue weighted by Crippen LogP contribution is -2.47. The van der Waals surface area contributed by atoms with Crippen LogP contribution in [0.3, 0.4) is 0 Å². The fourth-order valence-corrected chi connectivity index (χ4v) is 4.27. The maximum absolute atomic E-state index is 12.8. The molecule has 0 bridgehead atoms. The van der Waals surface area contributed by atoms with Crippen LogP contribution in [0.5, 0.6) is 0 Å². The molecule has 5 nitrogen and oxygen atoms in total. The van der Waals surface area contributed by atoms with E-state index in [0.29, 0.717) is 21.4 Å². The van der Waals surface area contributed by atoms with Crippen molar-refractivity contribution in [1.29, 1.82) is 0 Å². The van der Waals surface area contributed by atoms with Crippen molar-refractivity contribution >= 4 is 50.5 Å². The van der Waals surface area contributed by atoms with Crippen molar-refractivity contribution in [2.75, 3.05) is 15.9 Å². The summed E-state index contributed by atoms with van der Waals surface area (Å²) in [6, 6.07) is 10.6. The Labute approximate surface area is 164 Å². The molecule has 0 aliphatic heterocycles. The number of halogens is 2. The molecule has 1 N–H and O–H groups in total. The van der Waals surface area contributed by atoms with Crippen LogP contribution in [-0.4, -0.2) is 26.6 Å². The first-order valence-electron chi connectivity index (χ1n) is 7.95. The average Bonchev–Trinajstić information content (AvgIpc) is 2.53. The molecule has 0 radical (unpaired) electrons. The first kappa shape index (κ1) is 20.6. The molecule has 2 aromatic carbocycles. The van der Waals surface area contributed by atoms with Crippen LogP contribution in [0.1, 0.15) is 18.9 Å². The number of benzene rings is 2. The molecule has 8 heteroatoms. The minimum Gasteiger partial charge on any atom is -0.324 e. The van der Waals surface area contributed by atoms with Crippen molar-refractivity contribution in [3.63, 3.8) is 0 Å². The largest absolute Gasteiger partial charge is 0.324 e. The summed E-state index contributed by atoms with van der Waals surface area (Å²) >= 11 is 11.9. The van der Waals surface area contributed by atoms with Gasteiger partial charge in [-0.05, 0) is 55.3 Å². The van der Waals surface area contributed by atoms with Gasteiger partial charge in [0.05, 0.1) is 11.9 Å². The van der Waals surface area contributed by atoms with Gasteiger partial charge in [-0.15, -0.1) is 0 Å². The van der Waals surface area contributed by atoms with Crippen LogP contribution in [-0.2, 0) is 14.8 Å². The molecule has 0 fully saturated rings. The van der Waals surface area contributed by atoms with Crippen LogP contribution in [0, 0.1) is 6.92 Å². The molecule has 2 rings (SSSR count). The predicted molar refractivity (Wildman–Crippen MR) is 108 cm³/mol. The van der Waals surface area contributed by atoms with Crippen LogP contribution in [0.25, 0.3) is 0 Å². The molecular formula is C18H20Cl2N2O3S. The highest BCUT2D eigenvalue weighted by atomic mass is 35.5. The Hall–Kier alpha value is -1.76. The maximum atomic E-state index is 12.8. The summed E-state index contributed by atoms with van der Waals surface area (Å²) in [6.07, 6.45) is 1.36. The van der Waals surface area contributed by atoms with Gasteiger partial charge in [0.15, 0.2) is 0 Å². The fraction of sp³-hybridized carbons (Fsp3) is 0.278. The summed E-state index contributed by atoms with van der Waals surface area (Å²) in [5, 5.41) is 3.74. The van der Waals surface area contributed by atoms with Gasteiger partial charge in [0.25, 0.3) is 0 Å². The van der Waals surface area contributed by atoms with Crippen LogP contribution >= 0.6 is 23.2 Å². The van der Waals surface area contributed by atoms with E-state index < -0.39 is 22.0 Å².